The summed E-state index contributed by atoms with van der Waals surface area (Å²) in [5.74, 6) is 0.401. The van der Waals surface area contributed by atoms with Gasteiger partial charge in [-0.05, 0) is 48.1 Å². The topological polar surface area (TPSA) is 81.8 Å². The lowest BCUT2D eigenvalue weighted by Crippen LogP contribution is -2.23. The molecular formula is C20H18N4O. The molecule has 4 rings (SSSR count). The van der Waals surface area contributed by atoms with E-state index in [1.165, 1.54) is 0 Å². The van der Waals surface area contributed by atoms with Crippen LogP contribution in [0.4, 0.5) is 5.95 Å². The minimum atomic E-state index is 0.0815. The van der Waals surface area contributed by atoms with Crippen LogP contribution in [-0.4, -0.2) is 20.7 Å². The van der Waals surface area contributed by atoms with Gasteiger partial charge in [0.1, 0.15) is 0 Å². The third-order valence-electron chi connectivity index (χ3n) is 4.72. The highest BCUT2D eigenvalue weighted by atomic mass is 16.1. The van der Waals surface area contributed by atoms with E-state index >= 15 is 0 Å². The molecule has 0 amide bonds. The summed E-state index contributed by atoms with van der Waals surface area (Å²) in [4.78, 5) is 25.3. The monoisotopic (exact) mass is 330 g/mol. The summed E-state index contributed by atoms with van der Waals surface area (Å²) in [6, 6.07) is 12.2. The van der Waals surface area contributed by atoms with E-state index in [2.05, 4.69) is 27.1 Å². The Morgan fingerprint density at radius 1 is 1.04 bits per heavy atom. The lowest BCUT2D eigenvalue weighted by atomic mass is 9.79. The summed E-state index contributed by atoms with van der Waals surface area (Å²) < 4.78 is 0. The molecule has 0 saturated heterocycles. The van der Waals surface area contributed by atoms with E-state index in [-0.39, 0.29) is 17.6 Å². The van der Waals surface area contributed by atoms with Gasteiger partial charge in [0.2, 0.25) is 5.95 Å². The van der Waals surface area contributed by atoms with Crippen molar-refractivity contribution in [1.29, 1.82) is 0 Å². The van der Waals surface area contributed by atoms with Crippen LogP contribution in [0.3, 0.4) is 0 Å². The van der Waals surface area contributed by atoms with Crippen molar-refractivity contribution in [3.8, 4) is 11.1 Å². The van der Waals surface area contributed by atoms with E-state index in [0.717, 1.165) is 22.4 Å². The molecule has 0 radical (unpaired) electrons. The smallest absolute Gasteiger partial charge is 0.220 e. The van der Waals surface area contributed by atoms with Crippen molar-refractivity contribution in [3.63, 3.8) is 0 Å². The number of ketones is 1. The van der Waals surface area contributed by atoms with Gasteiger partial charge in [-0.15, -0.1) is 0 Å². The zero-order valence-electron chi connectivity index (χ0n) is 13.9. The maximum Gasteiger partial charge on any atom is 0.220 e. The molecule has 1 aliphatic rings. The third-order valence-corrected chi connectivity index (χ3v) is 4.72. The van der Waals surface area contributed by atoms with Crippen LogP contribution in [0.15, 0.2) is 48.8 Å². The molecule has 0 bridgehead atoms. The summed E-state index contributed by atoms with van der Waals surface area (Å²) in [6.45, 7) is 1.82. The van der Waals surface area contributed by atoms with Crippen LogP contribution in [0.5, 0.6) is 0 Å². The number of carbonyl (C=O) groups is 1. The molecule has 2 aromatic heterocycles. The largest absolute Gasteiger partial charge is 0.368 e. The number of Topliss-reactive ketones (excluding diaryl/α,β-unsaturated/α-hetero) is 1. The highest BCUT2D eigenvalue weighted by Crippen LogP contribution is 2.37. The Labute approximate surface area is 146 Å². The quantitative estimate of drug-likeness (QED) is 0.779. The van der Waals surface area contributed by atoms with Gasteiger partial charge in [-0.3, -0.25) is 9.78 Å². The van der Waals surface area contributed by atoms with Crippen molar-refractivity contribution in [2.45, 2.75) is 25.7 Å². The number of hydrogen-bond acceptors (Lipinski definition) is 5. The summed E-state index contributed by atoms with van der Waals surface area (Å²) in [5, 5.41) is 0. The van der Waals surface area contributed by atoms with Gasteiger partial charge in [-0.2, -0.15) is 0 Å². The lowest BCUT2D eigenvalue weighted by molar-refractivity contribution is 0.0962. The molecule has 0 aliphatic heterocycles. The average molecular weight is 330 g/mol. The highest BCUT2D eigenvalue weighted by Gasteiger charge is 2.30. The fourth-order valence-corrected chi connectivity index (χ4v) is 3.66. The number of hydrogen-bond donors (Lipinski definition) is 1. The van der Waals surface area contributed by atoms with Crippen LogP contribution in [0, 0.1) is 6.92 Å². The maximum atomic E-state index is 12.7. The fourth-order valence-electron chi connectivity index (χ4n) is 3.66. The van der Waals surface area contributed by atoms with Gasteiger partial charge in [0, 0.05) is 18.8 Å². The summed E-state index contributed by atoms with van der Waals surface area (Å²) in [6.07, 6.45) is 4.72. The Morgan fingerprint density at radius 3 is 2.60 bits per heavy atom. The molecule has 3 aromatic rings. The molecule has 5 nitrogen and oxygen atoms in total. The summed E-state index contributed by atoms with van der Waals surface area (Å²) in [7, 11) is 0. The third kappa shape index (κ3) is 2.78. The molecule has 1 aromatic carbocycles. The summed E-state index contributed by atoms with van der Waals surface area (Å²) in [5.41, 5.74) is 11.3. The molecule has 0 saturated carbocycles. The number of benzene rings is 1. The van der Waals surface area contributed by atoms with Crippen molar-refractivity contribution in [2.24, 2.45) is 0 Å². The molecule has 1 atom stereocenters. The van der Waals surface area contributed by atoms with Gasteiger partial charge >= 0.3 is 0 Å². The fraction of sp³-hybridized carbons (Fsp3) is 0.200. The number of aryl methyl sites for hydroxylation is 1. The Bertz CT molecular complexity index is 953. The molecule has 124 valence electrons. The van der Waals surface area contributed by atoms with Crippen molar-refractivity contribution in [2.75, 3.05) is 5.73 Å². The van der Waals surface area contributed by atoms with Gasteiger partial charge < -0.3 is 5.73 Å². The molecule has 1 unspecified atom stereocenters. The highest BCUT2D eigenvalue weighted by molar-refractivity contribution is 6.00. The molecular weight excluding hydrogens is 312 g/mol. The van der Waals surface area contributed by atoms with E-state index in [4.69, 9.17) is 5.73 Å². The second kappa shape index (κ2) is 6.09. The zero-order chi connectivity index (χ0) is 17.4. The van der Waals surface area contributed by atoms with Gasteiger partial charge in [0.25, 0.3) is 0 Å². The molecule has 0 fully saturated rings. The first-order valence-corrected chi connectivity index (χ1v) is 8.29. The summed E-state index contributed by atoms with van der Waals surface area (Å²) >= 11 is 0. The first kappa shape index (κ1) is 15.4. The van der Waals surface area contributed by atoms with Crippen LogP contribution in [-0.2, 0) is 6.42 Å². The van der Waals surface area contributed by atoms with E-state index in [1.54, 1.807) is 12.4 Å². The Morgan fingerprint density at radius 2 is 1.80 bits per heavy atom. The van der Waals surface area contributed by atoms with Gasteiger partial charge in [-0.1, -0.05) is 24.3 Å². The number of anilines is 1. The van der Waals surface area contributed by atoms with Crippen LogP contribution < -0.4 is 5.73 Å². The van der Waals surface area contributed by atoms with Crippen molar-refractivity contribution in [1.82, 2.24) is 15.0 Å². The predicted molar refractivity (Wildman–Crippen MR) is 96.2 cm³/mol. The van der Waals surface area contributed by atoms with Crippen LogP contribution in [0.1, 0.15) is 39.6 Å². The first-order chi connectivity index (χ1) is 12.1. The number of nitrogen functional groups attached to an aromatic ring is 1. The first-order valence-electron chi connectivity index (χ1n) is 8.29. The second-order valence-electron chi connectivity index (χ2n) is 6.34. The number of nitrogens with zero attached hydrogens (tertiary/aromatic N) is 3. The van der Waals surface area contributed by atoms with E-state index < -0.39 is 0 Å². The van der Waals surface area contributed by atoms with Crippen molar-refractivity contribution >= 4 is 11.7 Å². The molecule has 25 heavy (non-hydrogen) atoms. The van der Waals surface area contributed by atoms with Crippen molar-refractivity contribution < 1.29 is 4.79 Å². The normalized spacial score (nSPS) is 16.5. The minimum Gasteiger partial charge on any atom is -0.368 e. The average Bonchev–Trinajstić information content (AvgIpc) is 2.61. The lowest BCUT2D eigenvalue weighted by Gasteiger charge is -2.26. The predicted octanol–water partition coefficient (Wildman–Crippen LogP) is 3.34. The Balaban J connectivity index is 1.79. The Hall–Kier alpha value is -3.08. The number of fused-ring (bicyclic) bond motifs is 1. The zero-order valence-corrected chi connectivity index (χ0v) is 13.9. The molecule has 2 N–H and O–H groups in total. The maximum absolute atomic E-state index is 12.7. The van der Waals surface area contributed by atoms with Crippen molar-refractivity contribution in [3.05, 3.63) is 71.3 Å². The molecule has 0 spiro atoms. The number of rotatable bonds is 2. The van der Waals surface area contributed by atoms with Crippen LogP contribution in [0.2, 0.25) is 0 Å². The molecule has 5 heteroatoms. The SMILES string of the molecule is Cc1nc(N)nc2c1C(=O)CC(c1ccccc1-c1ccncc1)C2. The number of nitrogens with two attached hydrogens (primary N) is 1. The number of aromatic nitrogens is 3. The number of pyridine rings is 1. The Kier molecular flexibility index (Phi) is 3.76. The van der Waals surface area contributed by atoms with Gasteiger partial charge in [0.05, 0.1) is 17.0 Å². The van der Waals surface area contributed by atoms with Gasteiger partial charge in [-0.25, -0.2) is 9.97 Å². The standard InChI is InChI=1S/C20H18N4O/c1-12-19-17(24-20(21)23-12)10-14(11-18(19)25)16-5-3-2-4-15(16)13-6-8-22-9-7-13/h2-9,14H,10-11H2,1H3,(H2,21,23,24). The molecule has 1 aliphatic carbocycles. The van der Waals surface area contributed by atoms with E-state index in [1.807, 2.05) is 31.2 Å². The second-order valence-corrected chi connectivity index (χ2v) is 6.34. The van der Waals surface area contributed by atoms with E-state index in [0.29, 0.717) is 24.1 Å². The van der Waals surface area contributed by atoms with Gasteiger partial charge in [0.15, 0.2) is 5.78 Å². The van der Waals surface area contributed by atoms with Crippen LogP contribution in [0.25, 0.3) is 11.1 Å². The molecule has 2 heterocycles. The number of carbonyl (C=O) groups excluding carboxylic acids is 1. The van der Waals surface area contributed by atoms with Crippen LogP contribution >= 0.6 is 0 Å². The minimum absolute atomic E-state index is 0.0815. The van der Waals surface area contributed by atoms with E-state index in [9.17, 15) is 4.79 Å².